The second-order valence-corrected chi connectivity index (χ2v) is 8.47. The number of hydrogen-bond acceptors (Lipinski definition) is 8. The molecule has 12 heteroatoms. The third-order valence-corrected chi connectivity index (χ3v) is 6.38. The van der Waals surface area contributed by atoms with Crippen LogP contribution in [0.3, 0.4) is 0 Å². The van der Waals surface area contributed by atoms with Gasteiger partial charge in [0.15, 0.2) is 11.6 Å². The van der Waals surface area contributed by atoms with Crippen LogP contribution in [0, 0.1) is 5.82 Å². The van der Waals surface area contributed by atoms with Crippen molar-refractivity contribution in [3.8, 4) is 17.1 Å². The zero-order valence-corrected chi connectivity index (χ0v) is 19.5. The number of carbonyl (C=O) groups excluding carboxylic acids is 2. The second kappa shape index (κ2) is 9.22. The molecule has 1 saturated heterocycles. The summed E-state index contributed by atoms with van der Waals surface area (Å²) in [7, 11) is 0. The molecular formula is C25H20FN9O2. The summed E-state index contributed by atoms with van der Waals surface area (Å²) in [5, 5.41) is 16.0. The molecule has 0 radical (unpaired) electrons. The minimum atomic E-state index is -0.787. The third kappa shape index (κ3) is 3.97. The number of ketones is 1. The lowest BCUT2D eigenvalue weighted by atomic mass is 10.1. The summed E-state index contributed by atoms with van der Waals surface area (Å²) in [4.78, 5) is 36.9. The van der Waals surface area contributed by atoms with Crippen molar-refractivity contribution in [3.63, 3.8) is 0 Å². The van der Waals surface area contributed by atoms with E-state index in [1.54, 1.807) is 12.4 Å². The van der Waals surface area contributed by atoms with Gasteiger partial charge < -0.3 is 14.8 Å². The SMILES string of the molecule is O=C(C(=O)N1CCN(c2ccnnc2-c2ccccc2)CC1)c1c[nH]c2c(-n3ccnn3)ncc(F)c12. The molecule has 184 valence electrons. The topological polar surface area (TPSA) is 126 Å². The van der Waals surface area contributed by atoms with Crippen molar-refractivity contribution >= 4 is 28.3 Å². The maximum atomic E-state index is 14.8. The Morgan fingerprint density at radius 1 is 0.973 bits per heavy atom. The molecule has 0 atom stereocenters. The summed E-state index contributed by atoms with van der Waals surface area (Å²) in [5.74, 6) is -1.91. The summed E-state index contributed by atoms with van der Waals surface area (Å²) in [5.41, 5.74) is 2.82. The van der Waals surface area contributed by atoms with Crippen LogP contribution in [-0.2, 0) is 4.79 Å². The average Bonchev–Trinajstić information content (AvgIpc) is 3.65. The Morgan fingerprint density at radius 2 is 1.78 bits per heavy atom. The van der Waals surface area contributed by atoms with E-state index < -0.39 is 17.5 Å². The molecule has 1 fully saturated rings. The summed E-state index contributed by atoms with van der Waals surface area (Å²) >= 11 is 0. The van der Waals surface area contributed by atoms with Gasteiger partial charge in [-0.15, -0.1) is 10.2 Å². The molecule has 4 aromatic heterocycles. The Bertz CT molecular complexity index is 1590. The van der Waals surface area contributed by atoms with Gasteiger partial charge in [-0.2, -0.15) is 5.10 Å². The fourth-order valence-electron chi connectivity index (χ4n) is 4.56. The highest BCUT2D eigenvalue weighted by Gasteiger charge is 2.30. The van der Waals surface area contributed by atoms with Crippen LogP contribution in [0.4, 0.5) is 10.1 Å². The number of aromatic amines is 1. The first-order valence-corrected chi connectivity index (χ1v) is 11.6. The predicted molar refractivity (Wildman–Crippen MR) is 132 cm³/mol. The number of nitrogens with zero attached hydrogens (tertiary/aromatic N) is 8. The van der Waals surface area contributed by atoms with E-state index in [4.69, 9.17) is 0 Å². The normalized spacial score (nSPS) is 13.8. The molecule has 1 aliphatic heterocycles. The first kappa shape index (κ1) is 22.5. The molecule has 11 nitrogen and oxygen atoms in total. The quantitative estimate of drug-likeness (QED) is 0.290. The molecule has 0 bridgehead atoms. The van der Waals surface area contributed by atoms with Crippen molar-refractivity contribution < 1.29 is 14.0 Å². The van der Waals surface area contributed by atoms with Crippen LogP contribution in [0.15, 0.2) is 67.4 Å². The Labute approximate surface area is 209 Å². The molecule has 0 saturated carbocycles. The lowest BCUT2D eigenvalue weighted by Crippen LogP contribution is -2.50. The fraction of sp³-hybridized carbons (Fsp3) is 0.160. The minimum Gasteiger partial charge on any atom is -0.366 e. The van der Waals surface area contributed by atoms with Crippen molar-refractivity contribution in [1.29, 1.82) is 0 Å². The van der Waals surface area contributed by atoms with Crippen molar-refractivity contribution in [3.05, 3.63) is 78.8 Å². The molecule has 5 heterocycles. The van der Waals surface area contributed by atoms with Gasteiger partial charge in [-0.25, -0.2) is 14.1 Å². The van der Waals surface area contributed by atoms with E-state index in [0.29, 0.717) is 26.2 Å². The number of hydrogen-bond donors (Lipinski definition) is 1. The second-order valence-electron chi connectivity index (χ2n) is 8.47. The minimum absolute atomic E-state index is 0.00662. The molecule has 0 aliphatic carbocycles. The first-order chi connectivity index (χ1) is 18.1. The van der Waals surface area contributed by atoms with Crippen LogP contribution in [0.2, 0.25) is 0 Å². The molecule has 37 heavy (non-hydrogen) atoms. The number of amides is 1. The lowest BCUT2D eigenvalue weighted by Gasteiger charge is -2.36. The van der Waals surface area contributed by atoms with Gasteiger partial charge in [0.1, 0.15) is 5.69 Å². The number of Topliss-reactive ketones (excluding diaryl/α,β-unsaturated/α-hetero) is 1. The number of fused-ring (bicyclic) bond motifs is 1. The maximum absolute atomic E-state index is 14.8. The number of halogens is 1. The highest BCUT2D eigenvalue weighted by Crippen LogP contribution is 2.29. The molecule has 1 amide bonds. The van der Waals surface area contributed by atoms with E-state index in [1.807, 2.05) is 36.4 Å². The van der Waals surface area contributed by atoms with E-state index in [1.165, 1.54) is 22.0 Å². The zero-order valence-electron chi connectivity index (χ0n) is 19.5. The molecule has 1 aliphatic rings. The van der Waals surface area contributed by atoms with Gasteiger partial charge in [0.25, 0.3) is 11.7 Å². The first-order valence-electron chi connectivity index (χ1n) is 11.6. The summed E-state index contributed by atoms with van der Waals surface area (Å²) in [6.45, 7) is 1.68. The van der Waals surface area contributed by atoms with Crippen LogP contribution in [0.25, 0.3) is 28.0 Å². The summed E-state index contributed by atoms with van der Waals surface area (Å²) in [6, 6.07) is 11.6. The van der Waals surface area contributed by atoms with E-state index in [9.17, 15) is 14.0 Å². The van der Waals surface area contributed by atoms with Gasteiger partial charge in [0, 0.05) is 37.9 Å². The van der Waals surface area contributed by atoms with Gasteiger partial charge in [-0.3, -0.25) is 9.59 Å². The van der Waals surface area contributed by atoms with Crippen LogP contribution in [-0.4, -0.2) is 77.9 Å². The fourth-order valence-corrected chi connectivity index (χ4v) is 4.56. The number of carbonyl (C=O) groups is 2. The lowest BCUT2D eigenvalue weighted by molar-refractivity contribution is -0.126. The standard InChI is InChI=1S/C25H20FN9O2/c26-18-15-28-24(35-9-8-30-32-35)22-20(18)17(14-27-22)23(36)25(37)34-12-10-33(11-13-34)19-6-7-29-31-21(19)16-4-2-1-3-5-16/h1-9,14-15,27H,10-13H2. The van der Waals surface area contributed by atoms with Gasteiger partial charge in [-0.1, -0.05) is 35.5 Å². The van der Waals surface area contributed by atoms with Crippen molar-refractivity contribution in [2.45, 2.75) is 0 Å². The van der Waals surface area contributed by atoms with Gasteiger partial charge >= 0.3 is 0 Å². The van der Waals surface area contributed by atoms with Crippen molar-refractivity contribution in [2.24, 2.45) is 0 Å². The number of anilines is 1. The number of benzene rings is 1. The van der Waals surface area contributed by atoms with Crippen molar-refractivity contribution in [1.82, 2.24) is 40.1 Å². The number of rotatable bonds is 5. The Morgan fingerprint density at radius 3 is 2.54 bits per heavy atom. The Kier molecular flexibility index (Phi) is 5.60. The summed E-state index contributed by atoms with van der Waals surface area (Å²) in [6.07, 6.45) is 6.98. The predicted octanol–water partition coefficient (Wildman–Crippen LogP) is 2.27. The number of piperazine rings is 1. The molecule has 1 aromatic carbocycles. The van der Waals surface area contributed by atoms with Crippen molar-refractivity contribution in [2.75, 3.05) is 31.1 Å². The van der Waals surface area contributed by atoms with Crippen LogP contribution < -0.4 is 4.90 Å². The van der Waals surface area contributed by atoms with Gasteiger partial charge in [-0.05, 0) is 6.07 Å². The van der Waals surface area contributed by atoms with Crippen LogP contribution >= 0.6 is 0 Å². The molecular weight excluding hydrogens is 477 g/mol. The molecule has 1 N–H and O–H groups in total. The van der Waals surface area contributed by atoms with E-state index in [0.717, 1.165) is 23.1 Å². The third-order valence-electron chi connectivity index (χ3n) is 6.38. The molecule has 0 spiro atoms. The monoisotopic (exact) mass is 497 g/mol. The highest BCUT2D eigenvalue weighted by atomic mass is 19.1. The number of pyridine rings is 1. The number of nitrogens with one attached hydrogen (secondary N) is 1. The Balaban J connectivity index is 1.21. The Hall–Kier alpha value is -5.00. The number of H-pyrrole nitrogens is 1. The number of aromatic nitrogens is 7. The summed E-state index contributed by atoms with van der Waals surface area (Å²) < 4.78 is 16.1. The van der Waals surface area contributed by atoms with E-state index in [-0.39, 0.29) is 22.3 Å². The van der Waals surface area contributed by atoms with E-state index in [2.05, 4.69) is 35.4 Å². The van der Waals surface area contributed by atoms with Crippen LogP contribution in [0.1, 0.15) is 10.4 Å². The van der Waals surface area contributed by atoms with E-state index >= 15 is 0 Å². The van der Waals surface area contributed by atoms with Crippen LogP contribution in [0.5, 0.6) is 0 Å². The largest absolute Gasteiger partial charge is 0.366 e. The molecule has 6 rings (SSSR count). The molecule has 0 unspecified atom stereocenters. The highest BCUT2D eigenvalue weighted by molar-refractivity contribution is 6.45. The zero-order chi connectivity index (χ0) is 25.4. The average molecular weight is 497 g/mol. The van der Waals surface area contributed by atoms with Gasteiger partial charge in [0.05, 0.1) is 46.9 Å². The smallest absolute Gasteiger partial charge is 0.295 e. The van der Waals surface area contributed by atoms with Gasteiger partial charge in [0.2, 0.25) is 0 Å². The molecule has 5 aromatic rings. The maximum Gasteiger partial charge on any atom is 0.295 e.